The molecule has 0 heterocycles. The van der Waals surface area contributed by atoms with Gasteiger partial charge in [-0.3, -0.25) is 0 Å². The zero-order chi connectivity index (χ0) is 6.57. The Bertz CT molecular complexity index is 48.4. The summed E-state index contributed by atoms with van der Waals surface area (Å²) in [7, 11) is 0. The molecule has 2 atom stereocenters. The summed E-state index contributed by atoms with van der Waals surface area (Å²) in [6.07, 6.45) is 0.979. The topological polar surface area (TPSA) is 46.2 Å². The molecule has 0 amide bonds. The fourth-order valence-corrected chi connectivity index (χ4v) is 2.03. The van der Waals surface area contributed by atoms with Gasteiger partial charge in [-0.25, -0.2) is 0 Å². The average molecular weight is 179 g/mol. The van der Waals surface area contributed by atoms with Crippen molar-refractivity contribution in [3.63, 3.8) is 0 Å². The molecule has 0 fully saturated rings. The van der Waals surface area contributed by atoms with Crippen molar-refractivity contribution >= 4 is 15.0 Å². The molecule has 0 bridgehead atoms. The maximum absolute atomic E-state index is 8.89. The minimum absolute atomic E-state index is 0.263. The zero-order valence-corrected chi connectivity index (χ0v) is 7.34. The van der Waals surface area contributed by atoms with Crippen LogP contribution in [0.5, 0.6) is 0 Å². The van der Waals surface area contributed by atoms with Gasteiger partial charge in [-0.05, 0) is 0 Å². The Morgan fingerprint density at radius 3 is 2.38 bits per heavy atom. The Hall–Kier alpha value is 0.478. The summed E-state index contributed by atoms with van der Waals surface area (Å²) in [5, 5.41) is 0.963. The first-order valence-electron chi connectivity index (χ1n) is 2.78. The third-order valence-electron chi connectivity index (χ3n) is 0.908. The van der Waals surface area contributed by atoms with Gasteiger partial charge >= 0.3 is 55.1 Å². The normalized spacial score (nSPS) is 18.0. The summed E-state index contributed by atoms with van der Waals surface area (Å²) < 4.78 is 8.89. The van der Waals surface area contributed by atoms with Gasteiger partial charge in [0.15, 0.2) is 0 Å². The van der Waals surface area contributed by atoms with Gasteiger partial charge in [0.05, 0.1) is 0 Å². The van der Waals surface area contributed by atoms with Crippen molar-refractivity contribution in [2.24, 2.45) is 5.73 Å². The number of hydrogen-bond acceptors (Lipinski definition) is 2. The van der Waals surface area contributed by atoms with E-state index in [2.05, 4.69) is 0 Å². The first-order chi connectivity index (χ1) is 3.63. The molecule has 0 aliphatic carbocycles. The molecular weight excluding hydrogens is 165 g/mol. The van der Waals surface area contributed by atoms with Crippen molar-refractivity contribution < 1.29 is 4.10 Å². The SMILES string of the molecule is CC(N)CC[As](C)O. The molecule has 0 radical (unpaired) electrons. The van der Waals surface area contributed by atoms with Gasteiger partial charge in [0.25, 0.3) is 0 Å². The van der Waals surface area contributed by atoms with E-state index < -0.39 is 15.0 Å². The van der Waals surface area contributed by atoms with Gasteiger partial charge in [-0.15, -0.1) is 0 Å². The van der Waals surface area contributed by atoms with E-state index in [0.717, 1.165) is 11.6 Å². The monoisotopic (exact) mass is 179 g/mol. The Balaban J connectivity index is 2.93. The molecule has 0 aliphatic rings. The van der Waals surface area contributed by atoms with Crippen molar-refractivity contribution in [3.8, 4) is 0 Å². The number of rotatable bonds is 3. The van der Waals surface area contributed by atoms with Crippen LogP contribution in [-0.2, 0) is 0 Å². The van der Waals surface area contributed by atoms with Crippen molar-refractivity contribution in [2.45, 2.75) is 30.3 Å². The van der Waals surface area contributed by atoms with Gasteiger partial charge in [-0.1, -0.05) is 0 Å². The molecule has 0 rings (SSSR count). The molecule has 3 heteroatoms. The van der Waals surface area contributed by atoms with Crippen LogP contribution in [0, 0.1) is 0 Å². The molecule has 0 aromatic rings. The van der Waals surface area contributed by atoms with Crippen molar-refractivity contribution in [1.29, 1.82) is 0 Å². The molecule has 0 aromatic carbocycles. The van der Waals surface area contributed by atoms with E-state index in [1.807, 2.05) is 12.6 Å². The predicted molar refractivity (Wildman–Crippen MR) is 36.9 cm³/mol. The summed E-state index contributed by atoms with van der Waals surface area (Å²) in [6, 6.07) is 0.263. The molecular formula is C5H14AsNO. The average Bonchev–Trinajstić information content (AvgIpc) is 1.61. The zero-order valence-electron chi connectivity index (χ0n) is 5.46. The van der Waals surface area contributed by atoms with Crippen molar-refractivity contribution in [2.75, 3.05) is 0 Å². The van der Waals surface area contributed by atoms with Crippen molar-refractivity contribution in [1.82, 2.24) is 0 Å². The van der Waals surface area contributed by atoms with E-state index >= 15 is 0 Å². The van der Waals surface area contributed by atoms with E-state index in [-0.39, 0.29) is 6.04 Å². The second kappa shape index (κ2) is 4.37. The molecule has 0 aliphatic heterocycles. The number of nitrogens with two attached hydrogens (primary N) is 1. The van der Waals surface area contributed by atoms with E-state index in [1.54, 1.807) is 0 Å². The van der Waals surface area contributed by atoms with Gasteiger partial charge in [-0.2, -0.15) is 0 Å². The standard InChI is InChI=1S/C5H14AsNO/c1-5(7)3-4-6(2)8/h5,8H,3-4,7H2,1-2H3. The molecule has 8 heavy (non-hydrogen) atoms. The summed E-state index contributed by atoms with van der Waals surface area (Å²) in [5.41, 5.74) is 7.38. The minimum atomic E-state index is -1.36. The molecule has 3 N–H and O–H groups in total. The first kappa shape index (κ1) is 8.48. The predicted octanol–water partition coefficient (Wildman–Crippen LogP) is 0.337. The first-order valence-corrected chi connectivity index (χ1v) is 6.83. The Kier molecular flexibility index (Phi) is 4.63. The third-order valence-corrected chi connectivity index (χ3v) is 2.81. The van der Waals surface area contributed by atoms with Crippen LogP contribution in [-0.4, -0.2) is 25.1 Å². The van der Waals surface area contributed by atoms with E-state index in [4.69, 9.17) is 9.83 Å². The Morgan fingerprint density at radius 1 is 1.75 bits per heavy atom. The summed E-state index contributed by atoms with van der Waals surface area (Å²) in [6.45, 7) is 1.97. The van der Waals surface area contributed by atoms with Crippen LogP contribution in [0.15, 0.2) is 0 Å². The maximum atomic E-state index is 8.89. The molecule has 0 aromatic heterocycles. The molecule has 0 saturated heterocycles. The molecule has 0 saturated carbocycles. The molecule has 2 nitrogen and oxygen atoms in total. The Labute approximate surface area is 55.7 Å². The third kappa shape index (κ3) is 6.48. The van der Waals surface area contributed by atoms with Gasteiger partial charge in [0.2, 0.25) is 0 Å². The molecule has 0 spiro atoms. The van der Waals surface area contributed by atoms with Crippen LogP contribution in [0.3, 0.4) is 0 Å². The van der Waals surface area contributed by atoms with Crippen LogP contribution in [0.2, 0.25) is 10.9 Å². The van der Waals surface area contributed by atoms with E-state index in [0.29, 0.717) is 0 Å². The summed E-state index contributed by atoms with van der Waals surface area (Å²) >= 11 is -1.36. The second-order valence-electron chi connectivity index (χ2n) is 2.15. The molecule has 50 valence electrons. The van der Waals surface area contributed by atoms with Crippen molar-refractivity contribution in [3.05, 3.63) is 0 Å². The molecule has 2 unspecified atom stereocenters. The fourth-order valence-electron chi connectivity index (χ4n) is 0.390. The van der Waals surface area contributed by atoms with Crippen LogP contribution < -0.4 is 5.73 Å². The quantitative estimate of drug-likeness (QED) is 0.613. The fraction of sp³-hybridized carbons (Fsp3) is 1.00. The van der Waals surface area contributed by atoms with Crippen LogP contribution in [0.1, 0.15) is 13.3 Å². The van der Waals surface area contributed by atoms with Gasteiger partial charge in [0, 0.05) is 0 Å². The van der Waals surface area contributed by atoms with Gasteiger partial charge in [0.1, 0.15) is 0 Å². The second-order valence-corrected chi connectivity index (χ2v) is 5.85. The van der Waals surface area contributed by atoms with Gasteiger partial charge < -0.3 is 0 Å². The van der Waals surface area contributed by atoms with E-state index in [9.17, 15) is 0 Å². The summed E-state index contributed by atoms with van der Waals surface area (Å²) in [4.78, 5) is 0. The van der Waals surface area contributed by atoms with E-state index in [1.165, 1.54) is 0 Å². The summed E-state index contributed by atoms with van der Waals surface area (Å²) in [5.74, 6) is 0. The Morgan fingerprint density at radius 2 is 2.25 bits per heavy atom. The van der Waals surface area contributed by atoms with Crippen LogP contribution in [0.4, 0.5) is 0 Å². The van der Waals surface area contributed by atoms with Crippen LogP contribution in [0.25, 0.3) is 0 Å². The van der Waals surface area contributed by atoms with Crippen LogP contribution >= 0.6 is 0 Å². The number of hydrogen-bond donors (Lipinski definition) is 2.